The maximum Gasteiger partial charge on any atom is 0.232 e. The first-order valence-electron chi connectivity index (χ1n) is 6.60. The second-order valence-electron chi connectivity index (χ2n) is 5.82. The van der Waals surface area contributed by atoms with E-state index in [1.54, 1.807) is 11.3 Å². The summed E-state index contributed by atoms with van der Waals surface area (Å²) >= 11 is 14.1. The van der Waals surface area contributed by atoms with Crippen LogP contribution in [-0.2, 0) is 4.79 Å². The molecule has 0 bridgehead atoms. The molecule has 2 nitrogen and oxygen atoms in total. The fraction of sp³-hybridized carbons (Fsp3) is 0.643. The van der Waals surface area contributed by atoms with Crippen LogP contribution in [0.25, 0.3) is 0 Å². The Morgan fingerprint density at radius 2 is 2.16 bits per heavy atom. The molecule has 1 aliphatic heterocycles. The molecule has 1 amide bonds. The van der Waals surface area contributed by atoms with Crippen LogP contribution in [0.3, 0.4) is 0 Å². The lowest BCUT2D eigenvalue weighted by Crippen LogP contribution is -2.37. The predicted molar refractivity (Wildman–Crippen MR) is 79.9 cm³/mol. The molecule has 2 atom stereocenters. The number of carbonyl (C=O) groups excluding carboxylic acids is 1. The van der Waals surface area contributed by atoms with Crippen molar-refractivity contribution >= 4 is 40.4 Å². The largest absolute Gasteiger partial charge is 0.334 e. The van der Waals surface area contributed by atoms with Gasteiger partial charge in [0.15, 0.2) is 0 Å². The smallest absolute Gasteiger partial charge is 0.232 e. The van der Waals surface area contributed by atoms with Crippen LogP contribution in [0.15, 0.2) is 12.1 Å². The van der Waals surface area contributed by atoms with E-state index in [1.165, 1.54) is 9.75 Å². The van der Waals surface area contributed by atoms with Crippen LogP contribution in [0, 0.1) is 12.3 Å². The molecule has 0 unspecified atom stereocenters. The molecule has 2 heterocycles. The summed E-state index contributed by atoms with van der Waals surface area (Å²) in [5, 5.41) is 0. The molecule has 1 saturated heterocycles. The van der Waals surface area contributed by atoms with E-state index >= 15 is 0 Å². The number of amides is 1. The van der Waals surface area contributed by atoms with E-state index in [2.05, 4.69) is 19.1 Å². The Kier molecular flexibility index (Phi) is 3.16. The minimum atomic E-state index is -0.872. The first kappa shape index (κ1) is 13.7. The van der Waals surface area contributed by atoms with E-state index in [4.69, 9.17) is 23.2 Å². The van der Waals surface area contributed by atoms with E-state index in [-0.39, 0.29) is 11.9 Å². The van der Waals surface area contributed by atoms with Gasteiger partial charge in [0.1, 0.15) is 4.33 Å². The summed E-state index contributed by atoms with van der Waals surface area (Å²) in [7, 11) is 0. The average Bonchev–Trinajstić information content (AvgIpc) is 2.80. The number of nitrogens with zero attached hydrogens (tertiary/aromatic N) is 1. The molecule has 1 aliphatic carbocycles. The molecule has 0 radical (unpaired) electrons. The van der Waals surface area contributed by atoms with Gasteiger partial charge < -0.3 is 4.90 Å². The molecule has 2 fully saturated rings. The van der Waals surface area contributed by atoms with Crippen molar-refractivity contribution in [2.45, 2.75) is 43.5 Å². The molecule has 19 heavy (non-hydrogen) atoms. The van der Waals surface area contributed by atoms with Gasteiger partial charge in [-0.1, -0.05) is 0 Å². The number of hydrogen-bond donors (Lipinski definition) is 0. The Morgan fingerprint density at radius 3 is 2.68 bits per heavy atom. The SMILES string of the molecule is Cc1ccc([C@H]2CCCN2C(=O)[C@]2(C)CC2(Cl)Cl)s1. The zero-order valence-electron chi connectivity index (χ0n) is 11.1. The van der Waals surface area contributed by atoms with Crippen molar-refractivity contribution < 1.29 is 4.79 Å². The topological polar surface area (TPSA) is 20.3 Å². The fourth-order valence-electron chi connectivity index (χ4n) is 2.89. The van der Waals surface area contributed by atoms with Crippen LogP contribution in [0.2, 0.25) is 0 Å². The third kappa shape index (κ3) is 2.10. The number of alkyl halides is 2. The first-order valence-corrected chi connectivity index (χ1v) is 8.18. The van der Waals surface area contributed by atoms with Gasteiger partial charge in [-0.2, -0.15) is 0 Å². The van der Waals surface area contributed by atoms with Crippen molar-refractivity contribution in [3.8, 4) is 0 Å². The standard InChI is InChI=1S/C14H17Cl2NOS/c1-9-5-6-11(19-9)10-4-3-7-17(10)12(18)13(2)8-14(13,15)16/h5-6,10H,3-4,7-8H2,1-2H3/t10-,13+/m1/s1. The van der Waals surface area contributed by atoms with Gasteiger partial charge in [-0.05, 0) is 45.2 Å². The van der Waals surface area contributed by atoms with Crippen molar-refractivity contribution in [1.29, 1.82) is 0 Å². The number of hydrogen-bond acceptors (Lipinski definition) is 2. The molecule has 2 aliphatic rings. The molecule has 5 heteroatoms. The van der Waals surface area contributed by atoms with Crippen molar-refractivity contribution in [2.24, 2.45) is 5.41 Å². The third-order valence-electron chi connectivity index (χ3n) is 4.33. The zero-order chi connectivity index (χ0) is 13.8. The maximum atomic E-state index is 12.7. The second kappa shape index (κ2) is 4.37. The van der Waals surface area contributed by atoms with Gasteiger partial charge in [-0.25, -0.2) is 0 Å². The Hall–Kier alpha value is -0.250. The quantitative estimate of drug-likeness (QED) is 0.744. The number of aryl methyl sites for hydroxylation is 1. The zero-order valence-corrected chi connectivity index (χ0v) is 13.4. The van der Waals surface area contributed by atoms with Crippen molar-refractivity contribution in [1.82, 2.24) is 4.90 Å². The summed E-state index contributed by atoms with van der Waals surface area (Å²) in [6.45, 7) is 4.80. The van der Waals surface area contributed by atoms with Crippen LogP contribution < -0.4 is 0 Å². The van der Waals surface area contributed by atoms with Gasteiger partial charge in [0.05, 0.1) is 11.5 Å². The van der Waals surface area contributed by atoms with Gasteiger partial charge in [-0.15, -0.1) is 34.5 Å². The highest BCUT2D eigenvalue weighted by molar-refractivity contribution is 7.12. The molecule has 104 valence electrons. The lowest BCUT2D eigenvalue weighted by molar-refractivity contribution is -0.137. The summed E-state index contributed by atoms with van der Waals surface area (Å²) in [5.41, 5.74) is -0.592. The highest BCUT2D eigenvalue weighted by Crippen LogP contribution is 2.65. The number of halogens is 2. The first-order chi connectivity index (χ1) is 8.85. The number of thiophene rings is 1. The highest BCUT2D eigenvalue weighted by Gasteiger charge is 2.69. The average molecular weight is 318 g/mol. The molecular formula is C14H17Cl2NOS. The number of rotatable bonds is 2. The van der Waals surface area contributed by atoms with E-state index in [1.807, 2.05) is 11.8 Å². The van der Waals surface area contributed by atoms with Gasteiger partial charge in [-0.3, -0.25) is 4.79 Å². The fourth-order valence-corrected chi connectivity index (χ4v) is 4.61. The molecule has 1 aromatic heterocycles. The summed E-state index contributed by atoms with van der Waals surface area (Å²) in [6, 6.07) is 4.47. The molecule has 0 spiro atoms. The van der Waals surface area contributed by atoms with Crippen LogP contribution in [0.5, 0.6) is 0 Å². The summed E-state index contributed by atoms with van der Waals surface area (Å²) < 4.78 is -0.872. The van der Waals surface area contributed by atoms with Gasteiger partial charge in [0.25, 0.3) is 0 Å². The van der Waals surface area contributed by atoms with Crippen LogP contribution in [-0.4, -0.2) is 21.7 Å². The van der Waals surface area contributed by atoms with Gasteiger partial charge in [0, 0.05) is 16.3 Å². The summed E-state index contributed by atoms with van der Waals surface area (Å²) in [6.07, 6.45) is 2.66. The van der Waals surface area contributed by atoms with E-state index < -0.39 is 9.75 Å². The van der Waals surface area contributed by atoms with Crippen LogP contribution in [0.4, 0.5) is 0 Å². The molecule has 0 aromatic carbocycles. The molecular weight excluding hydrogens is 301 g/mol. The van der Waals surface area contributed by atoms with Crippen LogP contribution in [0.1, 0.15) is 42.0 Å². The predicted octanol–water partition coefficient (Wildman–Crippen LogP) is 4.30. The second-order valence-corrected chi connectivity index (χ2v) is 8.62. The third-order valence-corrected chi connectivity index (χ3v) is 6.54. The monoisotopic (exact) mass is 317 g/mol. The number of carbonyl (C=O) groups is 1. The molecule has 1 aromatic rings. The lowest BCUT2D eigenvalue weighted by Gasteiger charge is -2.27. The van der Waals surface area contributed by atoms with Gasteiger partial charge >= 0.3 is 0 Å². The van der Waals surface area contributed by atoms with E-state index in [9.17, 15) is 4.79 Å². The van der Waals surface area contributed by atoms with Crippen molar-refractivity contribution in [3.05, 3.63) is 21.9 Å². The Balaban J connectivity index is 1.83. The minimum Gasteiger partial charge on any atom is -0.334 e. The molecule has 3 rings (SSSR count). The van der Waals surface area contributed by atoms with E-state index in [0.29, 0.717) is 6.42 Å². The Bertz CT molecular complexity index is 527. The minimum absolute atomic E-state index is 0.117. The Morgan fingerprint density at radius 1 is 1.47 bits per heavy atom. The summed E-state index contributed by atoms with van der Waals surface area (Å²) in [5.74, 6) is 0.117. The molecule has 0 N–H and O–H groups in total. The van der Waals surface area contributed by atoms with E-state index in [0.717, 1.165) is 19.4 Å². The Labute approximate surface area is 127 Å². The molecule has 1 saturated carbocycles. The summed E-state index contributed by atoms with van der Waals surface area (Å²) in [4.78, 5) is 17.2. The van der Waals surface area contributed by atoms with Crippen molar-refractivity contribution in [2.75, 3.05) is 6.54 Å². The normalized spacial score (nSPS) is 32.6. The van der Waals surface area contributed by atoms with Gasteiger partial charge in [0.2, 0.25) is 5.91 Å². The van der Waals surface area contributed by atoms with Crippen molar-refractivity contribution in [3.63, 3.8) is 0 Å². The highest BCUT2D eigenvalue weighted by atomic mass is 35.5. The lowest BCUT2D eigenvalue weighted by atomic mass is 10.1. The number of likely N-dealkylation sites (tertiary alicyclic amines) is 1. The maximum absolute atomic E-state index is 12.7. The van der Waals surface area contributed by atoms with Crippen LogP contribution >= 0.6 is 34.5 Å².